The minimum Gasteiger partial charge on any atom is -0.399 e. The summed E-state index contributed by atoms with van der Waals surface area (Å²) in [6.07, 6.45) is 8.76. The number of H-pyrrole nitrogens is 1. The van der Waals surface area contributed by atoms with E-state index in [1.165, 1.54) is 42.4 Å². The van der Waals surface area contributed by atoms with Crippen molar-refractivity contribution in [3.05, 3.63) is 70.9 Å². The van der Waals surface area contributed by atoms with Gasteiger partial charge in [0.25, 0.3) is 0 Å². The van der Waals surface area contributed by atoms with Crippen LogP contribution in [0.3, 0.4) is 0 Å². The average Bonchev–Trinajstić information content (AvgIpc) is 3.54. The van der Waals surface area contributed by atoms with E-state index in [2.05, 4.69) is 55.7 Å². The molecule has 3 N–H and O–H groups in total. The fraction of sp³-hybridized carbons (Fsp3) is 0.320. The van der Waals surface area contributed by atoms with Crippen molar-refractivity contribution in [2.75, 3.05) is 5.73 Å². The summed E-state index contributed by atoms with van der Waals surface area (Å²) in [6.45, 7) is 6.29. The van der Waals surface area contributed by atoms with Crippen LogP contribution >= 0.6 is 12.6 Å². The molecule has 1 heterocycles. The van der Waals surface area contributed by atoms with Crippen molar-refractivity contribution < 1.29 is 0 Å². The molecule has 1 aromatic heterocycles. The molecule has 0 amide bonds. The Hall–Kier alpha value is -2.64. The highest BCUT2D eigenvalue weighted by Crippen LogP contribution is 2.26. The zero-order valence-corrected chi connectivity index (χ0v) is 18.5. The Morgan fingerprint density at radius 3 is 2.34 bits per heavy atom. The summed E-state index contributed by atoms with van der Waals surface area (Å²) in [4.78, 5) is 4.24. The van der Waals surface area contributed by atoms with Gasteiger partial charge < -0.3 is 10.7 Å². The second-order valence-electron chi connectivity index (χ2n) is 7.36. The molecule has 1 saturated carbocycles. The third kappa shape index (κ3) is 7.36. The number of benzene rings is 2. The number of nitrogen functional groups attached to an aromatic ring is 1. The molecule has 2 aromatic carbocycles. The van der Waals surface area contributed by atoms with E-state index in [1.54, 1.807) is 18.2 Å². The molecule has 1 aliphatic carbocycles. The van der Waals surface area contributed by atoms with Crippen molar-refractivity contribution in [2.24, 2.45) is 0 Å². The number of hydrogen-bond donors (Lipinski definition) is 3. The quantitative estimate of drug-likeness (QED) is 0.329. The van der Waals surface area contributed by atoms with Crippen LogP contribution < -0.4 is 5.73 Å². The number of nitrogens with one attached hydrogen (secondary N) is 1. The average molecular weight is 406 g/mol. The fourth-order valence-corrected chi connectivity index (χ4v) is 2.99. The van der Waals surface area contributed by atoms with E-state index in [0.717, 1.165) is 28.3 Å². The van der Waals surface area contributed by atoms with Crippen LogP contribution in [-0.2, 0) is 6.42 Å². The molecular formula is C25H31N3S. The lowest BCUT2D eigenvalue weighted by Gasteiger charge is -2.09. The van der Waals surface area contributed by atoms with Gasteiger partial charge in [-0.05, 0) is 61.2 Å². The van der Waals surface area contributed by atoms with Crippen LogP contribution in [0.15, 0.2) is 53.6 Å². The lowest BCUT2D eigenvalue weighted by Crippen LogP contribution is -1.91. The Morgan fingerprint density at radius 2 is 1.83 bits per heavy atom. The number of hydrogen-bond acceptors (Lipinski definition) is 3. The van der Waals surface area contributed by atoms with Crippen molar-refractivity contribution >= 4 is 18.3 Å². The Balaban J connectivity index is 0.000000195. The molecule has 3 aromatic rings. The molecule has 1 aliphatic rings. The van der Waals surface area contributed by atoms with Crippen molar-refractivity contribution in [3.8, 4) is 17.3 Å². The SMILES string of the molecule is C1CC1.CCCc1cccc(-c2cc(S)c[nH]2)c1C.Cc1cc(C#N)ccc1N. The minimum atomic E-state index is 0.659. The fourth-order valence-electron chi connectivity index (χ4n) is 2.80. The molecule has 0 atom stereocenters. The smallest absolute Gasteiger partial charge is 0.0991 e. The number of aromatic amines is 1. The van der Waals surface area contributed by atoms with Gasteiger partial charge >= 0.3 is 0 Å². The lowest BCUT2D eigenvalue weighted by atomic mass is 9.97. The van der Waals surface area contributed by atoms with E-state index in [0.29, 0.717) is 5.56 Å². The van der Waals surface area contributed by atoms with E-state index >= 15 is 0 Å². The molecule has 0 aliphatic heterocycles. The number of aryl methyl sites for hydroxylation is 2. The first kappa shape index (κ1) is 22.6. The van der Waals surface area contributed by atoms with E-state index in [9.17, 15) is 0 Å². The van der Waals surface area contributed by atoms with Crippen molar-refractivity contribution in [3.63, 3.8) is 0 Å². The highest BCUT2D eigenvalue weighted by molar-refractivity contribution is 7.80. The largest absolute Gasteiger partial charge is 0.399 e. The van der Waals surface area contributed by atoms with Gasteiger partial charge in [0.05, 0.1) is 11.6 Å². The van der Waals surface area contributed by atoms with Crippen LogP contribution in [0.2, 0.25) is 0 Å². The number of nitriles is 1. The van der Waals surface area contributed by atoms with Crippen molar-refractivity contribution in [1.82, 2.24) is 4.98 Å². The number of aromatic nitrogens is 1. The number of nitrogens with two attached hydrogens (primary N) is 1. The first-order valence-electron chi connectivity index (χ1n) is 10.2. The molecule has 3 nitrogen and oxygen atoms in total. The maximum absolute atomic E-state index is 8.46. The third-order valence-electron chi connectivity index (χ3n) is 4.68. The summed E-state index contributed by atoms with van der Waals surface area (Å²) < 4.78 is 0. The molecule has 0 bridgehead atoms. The predicted octanol–water partition coefficient (Wildman–Crippen LogP) is 6.85. The van der Waals surface area contributed by atoms with Crippen LogP contribution in [0.5, 0.6) is 0 Å². The summed E-state index contributed by atoms with van der Waals surface area (Å²) in [6, 6.07) is 15.8. The Kier molecular flexibility index (Phi) is 8.89. The van der Waals surface area contributed by atoms with Gasteiger partial charge in [-0.1, -0.05) is 50.8 Å². The van der Waals surface area contributed by atoms with Crippen LogP contribution in [0.4, 0.5) is 5.69 Å². The molecule has 4 heteroatoms. The molecule has 152 valence electrons. The molecule has 0 spiro atoms. The Bertz CT molecular complexity index is 962. The molecule has 0 saturated heterocycles. The molecule has 0 radical (unpaired) electrons. The standard InChI is InChI=1S/C14H17NS.C8H8N2.C3H6/c1-3-5-11-6-4-7-13(10(11)2)14-8-12(16)9-15-14;1-6-4-7(5-9)2-3-8(6)10;1-2-3-1/h4,6-9,15-16H,3,5H2,1-2H3;2-4H,10H2,1H3;1-3H2. The first-order valence-corrected chi connectivity index (χ1v) is 10.6. The van der Waals surface area contributed by atoms with Crippen LogP contribution in [-0.4, -0.2) is 4.98 Å². The highest BCUT2D eigenvalue weighted by Gasteiger charge is 2.06. The van der Waals surface area contributed by atoms with Gasteiger partial charge in [0.15, 0.2) is 0 Å². The van der Waals surface area contributed by atoms with Gasteiger partial charge in [0.1, 0.15) is 0 Å². The number of rotatable bonds is 3. The number of thiol groups is 1. The summed E-state index contributed by atoms with van der Waals surface area (Å²) in [5.41, 5.74) is 13.1. The van der Waals surface area contributed by atoms with Gasteiger partial charge in [-0.3, -0.25) is 0 Å². The summed E-state index contributed by atoms with van der Waals surface area (Å²) in [7, 11) is 0. The van der Waals surface area contributed by atoms with Gasteiger partial charge in [-0.15, -0.1) is 12.6 Å². The second-order valence-corrected chi connectivity index (χ2v) is 7.87. The number of nitrogens with zero attached hydrogens (tertiary/aromatic N) is 1. The summed E-state index contributed by atoms with van der Waals surface area (Å²) >= 11 is 4.33. The van der Waals surface area contributed by atoms with Crippen molar-refractivity contribution in [2.45, 2.75) is 57.8 Å². The van der Waals surface area contributed by atoms with Crippen LogP contribution in [0, 0.1) is 25.2 Å². The van der Waals surface area contributed by atoms with E-state index in [1.807, 2.05) is 19.2 Å². The van der Waals surface area contributed by atoms with Crippen LogP contribution in [0.1, 0.15) is 54.9 Å². The lowest BCUT2D eigenvalue weighted by molar-refractivity contribution is 0.913. The Morgan fingerprint density at radius 1 is 1.10 bits per heavy atom. The van der Waals surface area contributed by atoms with Gasteiger partial charge in [0, 0.05) is 28.0 Å². The monoisotopic (exact) mass is 405 g/mol. The third-order valence-corrected chi connectivity index (χ3v) is 4.93. The van der Waals surface area contributed by atoms with Crippen molar-refractivity contribution in [1.29, 1.82) is 5.26 Å². The molecule has 0 unspecified atom stereocenters. The molecule has 29 heavy (non-hydrogen) atoms. The van der Waals surface area contributed by atoms with E-state index < -0.39 is 0 Å². The minimum absolute atomic E-state index is 0.659. The first-order chi connectivity index (χ1) is 14.0. The zero-order valence-electron chi connectivity index (χ0n) is 17.6. The van der Waals surface area contributed by atoms with E-state index in [4.69, 9.17) is 11.0 Å². The highest BCUT2D eigenvalue weighted by atomic mass is 32.1. The van der Waals surface area contributed by atoms with Gasteiger partial charge in [0.2, 0.25) is 0 Å². The topological polar surface area (TPSA) is 65.6 Å². The van der Waals surface area contributed by atoms with Gasteiger partial charge in [-0.2, -0.15) is 5.26 Å². The normalized spacial score (nSPS) is 11.4. The van der Waals surface area contributed by atoms with E-state index in [-0.39, 0.29) is 0 Å². The molecular weight excluding hydrogens is 374 g/mol. The predicted molar refractivity (Wildman–Crippen MR) is 126 cm³/mol. The Labute approximate surface area is 180 Å². The zero-order chi connectivity index (χ0) is 21.2. The maximum atomic E-state index is 8.46. The molecule has 1 fully saturated rings. The summed E-state index contributed by atoms with van der Waals surface area (Å²) in [5.74, 6) is 0. The van der Waals surface area contributed by atoms with Crippen LogP contribution in [0.25, 0.3) is 11.3 Å². The maximum Gasteiger partial charge on any atom is 0.0991 e. The summed E-state index contributed by atoms with van der Waals surface area (Å²) in [5, 5.41) is 8.46. The number of anilines is 1. The molecule has 4 rings (SSSR count). The van der Waals surface area contributed by atoms with Gasteiger partial charge in [-0.25, -0.2) is 0 Å². The second kappa shape index (κ2) is 11.4.